The van der Waals surface area contributed by atoms with Gasteiger partial charge in [-0.05, 0) is 38.2 Å². The number of carboxylic acids is 1. The topological polar surface area (TPSA) is 66.4 Å². The zero-order chi connectivity index (χ0) is 15.5. The molecule has 0 saturated heterocycles. The fraction of sp³-hybridized carbons (Fsp3) is 0.412. The average Bonchev–Trinajstić information content (AvgIpc) is 3.24. The van der Waals surface area contributed by atoms with E-state index in [1.54, 1.807) is 6.08 Å². The lowest BCUT2D eigenvalue weighted by molar-refractivity contribution is -0.142. The summed E-state index contributed by atoms with van der Waals surface area (Å²) in [4.78, 5) is 23.7. The summed E-state index contributed by atoms with van der Waals surface area (Å²) >= 11 is 0. The summed E-state index contributed by atoms with van der Waals surface area (Å²) in [6, 6.07) is 7.02. The van der Waals surface area contributed by atoms with Crippen molar-refractivity contribution < 1.29 is 14.7 Å². The number of benzene rings is 1. The van der Waals surface area contributed by atoms with E-state index in [0.717, 1.165) is 24.0 Å². The highest BCUT2D eigenvalue weighted by Gasteiger charge is 2.51. The molecule has 2 N–H and O–H groups in total. The van der Waals surface area contributed by atoms with Crippen LogP contribution in [0.3, 0.4) is 0 Å². The van der Waals surface area contributed by atoms with Gasteiger partial charge in [-0.25, -0.2) is 4.79 Å². The summed E-state index contributed by atoms with van der Waals surface area (Å²) in [5.41, 5.74) is 1.55. The number of hydrogen-bond acceptors (Lipinski definition) is 2. The minimum Gasteiger partial charge on any atom is -0.480 e. The minimum absolute atomic E-state index is 0.176. The molecule has 1 aromatic rings. The number of nitrogens with one attached hydrogen (secondary N) is 1. The highest BCUT2D eigenvalue weighted by molar-refractivity contribution is 5.94. The summed E-state index contributed by atoms with van der Waals surface area (Å²) in [7, 11) is 0. The Morgan fingerprint density at radius 1 is 1.48 bits per heavy atom. The van der Waals surface area contributed by atoms with E-state index in [-0.39, 0.29) is 5.91 Å². The zero-order valence-electron chi connectivity index (χ0n) is 12.3. The summed E-state index contributed by atoms with van der Waals surface area (Å²) < 4.78 is 0. The first kappa shape index (κ1) is 15.3. The van der Waals surface area contributed by atoms with Gasteiger partial charge in [-0.15, -0.1) is 6.58 Å². The lowest BCUT2D eigenvalue weighted by atomic mass is 9.93. The maximum absolute atomic E-state index is 12.5. The third-order valence-electron chi connectivity index (χ3n) is 4.02. The quantitative estimate of drug-likeness (QED) is 0.757. The fourth-order valence-corrected chi connectivity index (χ4v) is 2.55. The number of carbonyl (C=O) groups is 2. The number of amides is 1. The van der Waals surface area contributed by atoms with Gasteiger partial charge in [0.05, 0.1) is 5.41 Å². The molecule has 1 amide bonds. The van der Waals surface area contributed by atoms with E-state index in [1.165, 1.54) is 0 Å². The van der Waals surface area contributed by atoms with Crippen LogP contribution in [-0.2, 0) is 15.0 Å². The number of rotatable bonds is 7. The molecule has 0 bridgehead atoms. The summed E-state index contributed by atoms with van der Waals surface area (Å²) in [6.45, 7) is 5.57. The van der Waals surface area contributed by atoms with Crippen LogP contribution in [0.5, 0.6) is 0 Å². The van der Waals surface area contributed by atoms with Gasteiger partial charge in [0, 0.05) is 0 Å². The van der Waals surface area contributed by atoms with E-state index in [0.29, 0.717) is 12.8 Å². The van der Waals surface area contributed by atoms with Gasteiger partial charge in [0.1, 0.15) is 6.04 Å². The largest absolute Gasteiger partial charge is 0.480 e. The Morgan fingerprint density at radius 3 is 2.71 bits per heavy atom. The van der Waals surface area contributed by atoms with Crippen LogP contribution in [0, 0.1) is 6.92 Å². The number of allylic oxidation sites excluding steroid dienone is 1. The lowest BCUT2D eigenvalue weighted by Gasteiger charge is -2.20. The maximum atomic E-state index is 12.5. The molecule has 1 fully saturated rings. The van der Waals surface area contributed by atoms with Gasteiger partial charge in [-0.3, -0.25) is 4.79 Å². The normalized spacial score (nSPS) is 16.8. The highest BCUT2D eigenvalue weighted by atomic mass is 16.4. The van der Waals surface area contributed by atoms with Crippen molar-refractivity contribution in [3.05, 3.63) is 48.0 Å². The molecule has 1 aliphatic rings. The van der Waals surface area contributed by atoms with E-state index in [2.05, 4.69) is 11.9 Å². The van der Waals surface area contributed by atoms with Gasteiger partial charge in [0.25, 0.3) is 0 Å². The van der Waals surface area contributed by atoms with E-state index < -0.39 is 17.4 Å². The molecule has 4 nitrogen and oxygen atoms in total. The predicted octanol–water partition coefficient (Wildman–Crippen LogP) is 2.56. The molecule has 1 unspecified atom stereocenters. The van der Waals surface area contributed by atoms with Gasteiger partial charge in [0.15, 0.2) is 0 Å². The fourth-order valence-electron chi connectivity index (χ4n) is 2.55. The summed E-state index contributed by atoms with van der Waals surface area (Å²) in [6.07, 6.45) is 4.14. The SMILES string of the molecule is C=CCCC(NC(=O)C1(c2cccc(C)c2)CC1)C(=O)O. The Morgan fingerprint density at radius 2 is 2.19 bits per heavy atom. The van der Waals surface area contributed by atoms with Crippen molar-refractivity contribution in [1.29, 1.82) is 0 Å². The van der Waals surface area contributed by atoms with Gasteiger partial charge < -0.3 is 10.4 Å². The summed E-state index contributed by atoms with van der Waals surface area (Å²) in [5, 5.41) is 11.9. The highest BCUT2D eigenvalue weighted by Crippen LogP contribution is 2.48. The Balaban J connectivity index is 2.11. The van der Waals surface area contributed by atoms with Crippen LogP contribution in [0.25, 0.3) is 0 Å². The van der Waals surface area contributed by atoms with Crippen molar-refractivity contribution >= 4 is 11.9 Å². The van der Waals surface area contributed by atoms with E-state index in [9.17, 15) is 14.7 Å². The Bertz CT molecular complexity index is 561. The van der Waals surface area contributed by atoms with E-state index in [1.807, 2.05) is 31.2 Å². The smallest absolute Gasteiger partial charge is 0.326 e. The second-order valence-corrected chi connectivity index (χ2v) is 5.68. The number of hydrogen-bond donors (Lipinski definition) is 2. The molecular weight excluding hydrogens is 266 g/mol. The van der Waals surface area contributed by atoms with Crippen LogP contribution in [0.4, 0.5) is 0 Å². The standard InChI is InChI=1S/C17H21NO3/c1-3-4-8-14(15(19)20)18-16(21)17(9-10-17)13-7-5-6-12(2)11-13/h3,5-7,11,14H,1,4,8-10H2,2H3,(H,18,21)(H,19,20). The van der Waals surface area contributed by atoms with Crippen LogP contribution in [0.2, 0.25) is 0 Å². The predicted molar refractivity (Wildman–Crippen MR) is 81.1 cm³/mol. The maximum Gasteiger partial charge on any atom is 0.326 e. The molecule has 1 aliphatic carbocycles. The van der Waals surface area contributed by atoms with Crippen LogP contribution >= 0.6 is 0 Å². The van der Waals surface area contributed by atoms with Crippen LogP contribution in [0.15, 0.2) is 36.9 Å². The second kappa shape index (κ2) is 6.12. The van der Waals surface area contributed by atoms with Gasteiger partial charge >= 0.3 is 5.97 Å². The van der Waals surface area contributed by atoms with E-state index in [4.69, 9.17) is 0 Å². The number of carbonyl (C=O) groups excluding carboxylic acids is 1. The van der Waals surface area contributed by atoms with Gasteiger partial charge in [-0.1, -0.05) is 35.9 Å². The molecule has 1 aromatic carbocycles. The lowest BCUT2D eigenvalue weighted by Crippen LogP contribution is -2.45. The van der Waals surface area contributed by atoms with Crippen molar-refractivity contribution in [3.63, 3.8) is 0 Å². The van der Waals surface area contributed by atoms with Crippen molar-refractivity contribution in [2.45, 2.75) is 44.1 Å². The molecule has 0 aromatic heterocycles. The molecule has 1 saturated carbocycles. The number of aliphatic carboxylic acids is 1. The number of carboxylic acid groups (broad SMARTS) is 1. The molecule has 0 spiro atoms. The Kier molecular flexibility index (Phi) is 4.46. The molecule has 0 radical (unpaired) electrons. The zero-order valence-corrected chi connectivity index (χ0v) is 12.3. The molecule has 0 aliphatic heterocycles. The monoisotopic (exact) mass is 287 g/mol. The van der Waals surface area contributed by atoms with Crippen molar-refractivity contribution in [1.82, 2.24) is 5.32 Å². The molecule has 21 heavy (non-hydrogen) atoms. The molecule has 1 atom stereocenters. The van der Waals surface area contributed by atoms with Crippen LogP contribution in [-0.4, -0.2) is 23.0 Å². The first-order chi connectivity index (χ1) is 9.99. The summed E-state index contributed by atoms with van der Waals surface area (Å²) in [5.74, 6) is -1.17. The minimum atomic E-state index is -0.995. The first-order valence-corrected chi connectivity index (χ1v) is 7.21. The van der Waals surface area contributed by atoms with Crippen LogP contribution < -0.4 is 5.32 Å². The third-order valence-corrected chi connectivity index (χ3v) is 4.02. The van der Waals surface area contributed by atoms with Gasteiger partial charge in [0.2, 0.25) is 5.91 Å². The first-order valence-electron chi connectivity index (χ1n) is 7.21. The van der Waals surface area contributed by atoms with Gasteiger partial charge in [-0.2, -0.15) is 0 Å². The molecule has 2 rings (SSSR count). The van der Waals surface area contributed by atoms with E-state index >= 15 is 0 Å². The Labute approximate surface area is 124 Å². The Hall–Kier alpha value is -2.10. The third kappa shape index (κ3) is 3.32. The molecule has 112 valence electrons. The molecular formula is C17H21NO3. The average molecular weight is 287 g/mol. The molecule has 0 heterocycles. The number of aryl methyl sites for hydroxylation is 1. The second-order valence-electron chi connectivity index (χ2n) is 5.68. The van der Waals surface area contributed by atoms with Crippen LogP contribution in [0.1, 0.15) is 36.8 Å². The molecule has 4 heteroatoms. The van der Waals surface area contributed by atoms with Crippen molar-refractivity contribution in [3.8, 4) is 0 Å². The van der Waals surface area contributed by atoms with Crippen molar-refractivity contribution in [2.75, 3.05) is 0 Å². The van der Waals surface area contributed by atoms with Crippen molar-refractivity contribution in [2.24, 2.45) is 0 Å².